The molecule has 0 heterocycles. The van der Waals surface area contributed by atoms with Gasteiger partial charge >= 0.3 is 6.09 Å². The van der Waals surface area contributed by atoms with Gasteiger partial charge in [-0.25, -0.2) is 4.79 Å². The van der Waals surface area contributed by atoms with Crippen LogP contribution in [0.25, 0.3) is 0 Å². The van der Waals surface area contributed by atoms with Gasteiger partial charge < -0.3 is 19.5 Å². The van der Waals surface area contributed by atoms with E-state index in [9.17, 15) is 14.9 Å². The lowest BCUT2D eigenvalue weighted by atomic mass is 10.1. The average Bonchev–Trinajstić information content (AvgIpc) is 2.45. The maximum absolute atomic E-state index is 11.0. The molecule has 1 aromatic carbocycles. The van der Waals surface area contributed by atoms with Gasteiger partial charge in [0.15, 0.2) is 11.5 Å². The molecule has 0 aliphatic heterocycles. The fourth-order valence-electron chi connectivity index (χ4n) is 1.65. The van der Waals surface area contributed by atoms with E-state index in [0.29, 0.717) is 11.3 Å². The Kier molecular flexibility index (Phi) is 5.57. The molecule has 0 unspecified atom stereocenters. The molecule has 0 radical (unpaired) electrons. The molecule has 0 spiro atoms. The predicted molar refractivity (Wildman–Crippen MR) is 70.3 cm³/mol. The first-order valence-corrected chi connectivity index (χ1v) is 5.74. The van der Waals surface area contributed by atoms with Crippen molar-refractivity contribution >= 4 is 11.8 Å². The minimum absolute atomic E-state index is 0.0886. The maximum Gasteiger partial charge on any atom is 0.406 e. The number of carbonyl (C=O) groups is 1. The zero-order chi connectivity index (χ0) is 15.1. The highest BCUT2D eigenvalue weighted by molar-refractivity contribution is 5.66. The molecule has 0 saturated heterocycles. The molecular weight excluding hydrogens is 268 g/mol. The van der Waals surface area contributed by atoms with Gasteiger partial charge in [-0.05, 0) is 12.5 Å². The Labute approximate surface area is 115 Å². The van der Waals surface area contributed by atoms with Crippen molar-refractivity contribution in [2.75, 3.05) is 27.9 Å². The third-order valence-electron chi connectivity index (χ3n) is 2.63. The summed E-state index contributed by atoms with van der Waals surface area (Å²) in [5.74, 6) is 0.676. The number of nitro benzene ring substituents is 1. The smallest absolute Gasteiger partial charge is 0.406 e. The second kappa shape index (κ2) is 7.17. The summed E-state index contributed by atoms with van der Waals surface area (Å²) in [5, 5.41) is 13.5. The van der Waals surface area contributed by atoms with Gasteiger partial charge in [-0.15, -0.1) is 0 Å². The van der Waals surface area contributed by atoms with E-state index in [1.165, 1.54) is 33.5 Å². The average molecular weight is 284 g/mol. The Morgan fingerprint density at radius 1 is 1.25 bits per heavy atom. The van der Waals surface area contributed by atoms with Crippen molar-refractivity contribution < 1.29 is 23.9 Å². The van der Waals surface area contributed by atoms with E-state index in [2.05, 4.69) is 10.1 Å². The minimum atomic E-state index is -0.590. The van der Waals surface area contributed by atoms with E-state index in [1.807, 2.05) is 0 Å². The van der Waals surface area contributed by atoms with Crippen LogP contribution in [0.15, 0.2) is 12.1 Å². The Bertz CT molecular complexity index is 503. The lowest BCUT2D eigenvalue weighted by Crippen LogP contribution is -2.25. The second-order valence-corrected chi connectivity index (χ2v) is 3.76. The van der Waals surface area contributed by atoms with E-state index >= 15 is 0 Å². The molecule has 1 amide bonds. The van der Waals surface area contributed by atoms with Crippen LogP contribution in [0, 0.1) is 10.1 Å². The van der Waals surface area contributed by atoms with Crippen LogP contribution < -0.4 is 14.8 Å². The van der Waals surface area contributed by atoms with Gasteiger partial charge in [-0.3, -0.25) is 10.1 Å². The zero-order valence-corrected chi connectivity index (χ0v) is 11.5. The van der Waals surface area contributed by atoms with Gasteiger partial charge in [-0.1, -0.05) is 0 Å². The third kappa shape index (κ3) is 3.74. The van der Waals surface area contributed by atoms with E-state index in [1.54, 1.807) is 0 Å². The normalized spacial score (nSPS) is 9.75. The van der Waals surface area contributed by atoms with Gasteiger partial charge in [0.2, 0.25) is 0 Å². The first kappa shape index (κ1) is 15.5. The summed E-state index contributed by atoms with van der Waals surface area (Å²) in [6.45, 7) is 0.211. The van der Waals surface area contributed by atoms with Crippen molar-refractivity contribution in [3.05, 3.63) is 27.8 Å². The van der Waals surface area contributed by atoms with Gasteiger partial charge in [0.25, 0.3) is 5.69 Å². The van der Waals surface area contributed by atoms with Crippen molar-refractivity contribution in [1.29, 1.82) is 0 Å². The summed E-state index contributed by atoms with van der Waals surface area (Å²) in [4.78, 5) is 21.5. The summed E-state index contributed by atoms with van der Waals surface area (Å²) in [6.07, 6.45) is -0.320. The molecule has 1 N–H and O–H groups in total. The first-order chi connectivity index (χ1) is 9.53. The topological polar surface area (TPSA) is 99.9 Å². The van der Waals surface area contributed by atoms with Crippen LogP contribution in [0.5, 0.6) is 11.5 Å². The predicted octanol–water partition coefficient (Wildman–Crippen LogP) is 1.51. The van der Waals surface area contributed by atoms with Crippen molar-refractivity contribution in [1.82, 2.24) is 5.32 Å². The molecule has 1 rings (SSSR count). The molecule has 110 valence electrons. The largest absolute Gasteiger partial charge is 0.493 e. The Balaban J connectivity index is 2.97. The summed E-state index contributed by atoms with van der Waals surface area (Å²) in [7, 11) is 4.09. The SMILES string of the molecule is COC(=O)NCCc1cc(OC)c(OC)cc1[N+](=O)[O-]. The molecule has 8 nitrogen and oxygen atoms in total. The van der Waals surface area contributed by atoms with Crippen molar-refractivity contribution in [3.8, 4) is 11.5 Å². The molecular formula is C12H16N2O6. The molecule has 0 saturated carbocycles. The summed E-state index contributed by atoms with van der Waals surface area (Å²) >= 11 is 0. The molecule has 20 heavy (non-hydrogen) atoms. The van der Waals surface area contributed by atoms with E-state index in [-0.39, 0.29) is 24.4 Å². The summed E-state index contributed by atoms with van der Waals surface area (Å²) in [5.41, 5.74) is 0.346. The minimum Gasteiger partial charge on any atom is -0.493 e. The highest BCUT2D eigenvalue weighted by Gasteiger charge is 2.19. The molecule has 0 aliphatic carbocycles. The van der Waals surface area contributed by atoms with Crippen LogP contribution in [0.4, 0.5) is 10.5 Å². The van der Waals surface area contributed by atoms with Crippen LogP contribution in [-0.2, 0) is 11.2 Å². The molecule has 8 heteroatoms. The Morgan fingerprint density at radius 3 is 2.35 bits per heavy atom. The van der Waals surface area contributed by atoms with Gasteiger partial charge in [0, 0.05) is 12.1 Å². The van der Waals surface area contributed by atoms with E-state index in [4.69, 9.17) is 9.47 Å². The fourth-order valence-corrected chi connectivity index (χ4v) is 1.65. The van der Waals surface area contributed by atoms with Crippen LogP contribution in [0.2, 0.25) is 0 Å². The number of nitrogens with zero attached hydrogens (tertiary/aromatic N) is 1. The number of rotatable bonds is 6. The number of methoxy groups -OCH3 is 3. The molecule has 0 bridgehead atoms. The number of carbonyl (C=O) groups excluding carboxylic acids is 1. The van der Waals surface area contributed by atoms with Crippen molar-refractivity contribution in [2.24, 2.45) is 0 Å². The molecule has 0 aliphatic rings. The number of benzene rings is 1. The van der Waals surface area contributed by atoms with Crippen LogP contribution in [-0.4, -0.2) is 38.9 Å². The molecule has 0 aromatic heterocycles. The summed E-state index contributed by atoms with van der Waals surface area (Å²) in [6, 6.07) is 2.82. The maximum atomic E-state index is 11.0. The number of nitrogens with one attached hydrogen (secondary N) is 1. The number of hydrogen-bond donors (Lipinski definition) is 1. The van der Waals surface area contributed by atoms with Crippen molar-refractivity contribution in [2.45, 2.75) is 6.42 Å². The number of hydrogen-bond acceptors (Lipinski definition) is 6. The lowest BCUT2D eigenvalue weighted by Gasteiger charge is -2.10. The molecule has 1 aromatic rings. The standard InChI is InChI=1S/C12H16N2O6/c1-18-10-6-8(4-5-13-12(15)20-3)9(14(16)17)7-11(10)19-2/h6-7H,4-5H2,1-3H3,(H,13,15). The highest BCUT2D eigenvalue weighted by atomic mass is 16.6. The van der Waals surface area contributed by atoms with Gasteiger partial charge in [0.1, 0.15) is 0 Å². The lowest BCUT2D eigenvalue weighted by molar-refractivity contribution is -0.385. The Hall–Kier alpha value is -2.51. The van der Waals surface area contributed by atoms with Crippen LogP contribution in [0.3, 0.4) is 0 Å². The van der Waals surface area contributed by atoms with Crippen LogP contribution >= 0.6 is 0 Å². The highest BCUT2D eigenvalue weighted by Crippen LogP contribution is 2.34. The van der Waals surface area contributed by atoms with Gasteiger partial charge in [-0.2, -0.15) is 0 Å². The first-order valence-electron chi connectivity index (χ1n) is 5.74. The Morgan fingerprint density at radius 2 is 1.85 bits per heavy atom. The number of ether oxygens (including phenoxy) is 3. The van der Waals surface area contributed by atoms with Crippen LogP contribution in [0.1, 0.15) is 5.56 Å². The second-order valence-electron chi connectivity index (χ2n) is 3.76. The zero-order valence-electron chi connectivity index (χ0n) is 11.5. The fraction of sp³-hybridized carbons (Fsp3) is 0.417. The monoisotopic (exact) mass is 284 g/mol. The van der Waals surface area contributed by atoms with E-state index in [0.717, 1.165) is 0 Å². The molecule has 0 fully saturated rings. The number of amides is 1. The molecule has 0 atom stereocenters. The third-order valence-corrected chi connectivity index (χ3v) is 2.63. The summed E-state index contributed by atoms with van der Waals surface area (Å²) < 4.78 is 14.5. The quantitative estimate of drug-likeness (QED) is 0.627. The number of nitro groups is 1. The number of alkyl carbamates (subject to hydrolysis) is 1. The van der Waals surface area contributed by atoms with E-state index < -0.39 is 11.0 Å². The van der Waals surface area contributed by atoms with Crippen molar-refractivity contribution in [3.63, 3.8) is 0 Å². The van der Waals surface area contributed by atoms with Gasteiger partial charge in [0.05, 0.1) is 32.3 Å².